The molecule has 1 fully saturated rings. The van der Waals surface area contributed by atoms with Gasteiger partial charge in [0.15, 0.2) is 0 Å². The van der Waals surface area contributed by atoms with Gasteiger partial charge in [-0.05, 0) is 50.7 Å². The summed E-state index contributed by atoms with van der Waals surface area (Å²) < 4.78 is 5.39. The van der Waals surface area contributed by atoms with Crippen LogP contribution in [0.1, 0.15) is 23.2 Å². The van der Waals surface area contributed by atoms with Gasteiger partial charge in [-0.1, -0.05) is 0 Å². The Labute approximate surface area is 115 Å². The molecule has 0 aliphatic carbocycles. The number of nitrogens with zero attached hydrogens (tertiary/aromatic N) is 2. The molecule has 0 amide bonds. The van der Waals surface area contributed by atoms with Gasteiger partial charge in [-0.2, -0.15) is 0 Å². The lowest BCUT2D eigenvalue weighted by molar-refractivity contribution is 0.0416. The maximum Gasteiger partial charge on any atom is 0.338 e. The standard InChI is InChI=1S/C15H22N2O2/c1-16(2)13-8-6-12(7-9-13)15(18)19-11-14-5-4-10-17(14)3/h6-9,14H,4-5,10-11H2,1-3H3. The van der Waals surface area contributed by atoms with Crippen LogP contribution in [0.5, 0.6) is 0 Å². The van der Waals surface area contributed by atoms with E-state index in [2.05, 4.69) is 11.9 Å². The Hall–Kier alpha value is -1.55. The number of rotatable bonds is 4. The molecule has 1 aliphatic rings. The Morgan fingerprint density at radius 2 is 2.05 bits per heavy atom. The number of carbonyl (C=O) groups is 1. The van der Waals surface area contributed by atoms with Crippen LogP contribution >= 0.6 is 0 Å². The van der Waals surface area contributed by atoms with Gasteiger partial charge in [0.05, 0.1) is 5.56 Å². The normalized spacial score (nSPS) is 19.4. The maximum atomic E-state index is 11.9. The molecular weight excluding hydrogens is 240 g/mol. The third kappa shape index (κ3) is 3.47. The first-order valence-corrected chi connectivity index (χ1v) is 6.72. The van der Waals surface area contributed by atoms with E-state index in [4.69, 9.17) is 4.74 Å². The number of esters is 1. The molecule has 0 N–H and O–H groups in total. The largest absolute Gasteiger partial charge is 0.460 e. The fourth-order valence-electron chi connectivity index (χ4n) is 2.34. The predicted molar refractivity (Wildman–Crippen MR) is 76.7 cm³/mol. The molecule has 0 bridgehead atoms. The highest BCUT2D eigenvalue weighted by molar-refractivity contribution is 5.89. The van der Waals surface area contributed by atoms with Crippen LogP contribution in [0.4, 0.5) is 5.69 Å². The van der Waals surface area contributed by atoms with Gasteiger partial charge in [-0.25, -0.2) is 4.79 Å². The summed E-state index contributed by atoms with van der Waals surface area (Å²) in [5.41, 5.74) is 1.69. The van der Waals surface area contributed by atoms with E-state index in [-0.39, 0.29) is 5.97 Å². The Kier molecular flexibility index (Phi) is 4.43. The summed E-state index contributed by atoms with van der Waals surface area (Å²) in [6.07, 6.45) is 2.31. The van der Waals surface area contributed by atoms with Gasteiger partial charge < -0.3 is 14.5 Å². The van der Waals surface area contributed by atoms with Gasteiger partial charge in [-0.15, -0.1) is 0 Å². The first kappa shape index (κ1) is 13.9. The number of benzene rings is 1. The minimum atomic E-state index is -0.231. The summed E-state index contributed by atoms with van der Waals surface area (Å²) in [4.78, 5) is 16.2. The Morgan fingerprint density at radius 3 is 2.58 bits per heavy atom. The average Bonchev–Trinajstić information content (AvgIpc) is 2.81. The highest BCUT2D eigenvalue weighted by atomic mass is 16.5. The van der Waals surface area contributed by atoms with Crippen molar-refractivity contribution < 1.29 is 9.53 Å². The highest BCUT2D eigenvalue weighted by Crippen LogP contribution is 2.16. The highest BCUT2D eigenvalue weighted by Gasteiger charge is 2.22. The van der Waals surface area contributed by atoms with Crippen molar-refractivity contribution in [1.82, 2.24) is 4.90 Å². The smallest absolute Gasteiger partial charge is 0.338 e. The van der Waals surface area contributed by atoms with Crippen LogP contribution in [0.3, 0.4) is 0 Å². The quantitative estimate of drug-likeness (QED) is 0.777. The summed E-state index contributed by atoms with van der Waals surface area (Å²) in [5.74, 6) is -0.231. The third-order valence-electron chi connectivity index (χ3n) is 3.70. The SMILES string of the molecule is CN(C)c1ccc(C(=O)OCC2CCCN2C)cc1. The molecule has 104 valence electrons. The van der Waals surface area contributed by atoms with Gasteiger partial charge in [-0.3, -0.25) is 0 Å². The van der Waals surface area contributed by atoms with Crippen LogP contribution in [0, 0.1) is 0 Å². The fraction of sp³-hybridized carbons (Fsp3) is 0.533. The first-order valence-electron chi connectivity index (χ1n) is 6.72. The van der Waals surface area contributed by atoms with Gasteiger partial charge in [0.25, 0.3) is 0 Å². The van der Waals surface area contributed by atoms with Crippen molar-refractivity contribution in [3.63, 3.8) is 0 Å². The number of carbonyl (C=O) groups excluding carboxylic acids is 1. The van der Waals surface area contributed by atoms with Crippen LogP contribution in [0.15, 0.2) is 24.3 Å². The second-order valence-corrected chi connectivity index (χ2v) is 5.32. The van der Waals surface area contributed by atoms with E-state index in [0.717, 1.165) is 18.7 Å². The predicted octanol–water partition coefficient (Wildman–Crippen LogP) is 2.00. The Bertz CT molecular complexity index is 428. The minimum Gasteiger partial charge on any atom is -0.460 e. The lowest BCUT2D eigenvalue weighted by Gasteiger charge is -2.19. The van der Waals surface area contributed by atoms with Crippen molar-refractivity contribution in [3.05, 3.63) is 29.8 Å². The molecule has 1 aromatic rings. The number of anilines is 1. The van der Waals surface area contributed by atoms with Crippen LogP contribution in [0.25, 0.3) is 0 Å². The van der Waals surface area contributed by atoms with Crippen molar-refractivity contribution >= 4 is 11.7 Å². The van der Waals surface area contributed by atoms with Gasteiger partial charge in [0, 0.05) is 25.8 Å². The fourth-order valence-corrected chi connectivity index (χ4v) is 2.34. The Balaban J connectivity index is 1.89. The van der Waals surface area contributed by atoms with Crippen LogP contribution < -0.4 is 4.90 Å². The zero-order chi connectivity index (χ0) is 13.8. The lowest BCUT2D eigenvalue weighted by Crippen LogP contribution is -2.30. The molecule has 0 radical (unpaired) electrons. The van der Waals surface area contributed by atoms with Gasteiger partial charge in [0.2, 0.25) is 0 Å². The zero-order valence-electron chi connectivity index (χ0n) is 11.9. The molecule has 4 heteroatoms. The number of hydrogen-bond donors (Lipinski definition) is 0. The van der Waals surface area contributed by atoms with Crippen molar-refractivity contribution in [3.8, 4) is 0 Å². The molecule has 1 unspecified atom stereocenters. The monoisotopic (exact) mass is 262 g/mol. The van der Waals surface area contributed by atoms with Crippen molar-refractivity contribution in [2.24, 2.45) is 0 Å². The second kappa shape index (κ2) is 6.06. The number of likely N-dealkylation sites (tertiary alicyclic amines) is 1. The topological polar surface area (TPSA) is 32.8 Å². The zero-order valence-corrected chi connectivity index (χ0v) is 11.9. The minimum absolute atomic E-state index is 0.231. The molecule has 19 heavy (non-hydrogen) atoms. The molecule has 1 aliphatic heterocycles. The van der Waals surface area contributed by atoms with Gasteiger partial charge >= 0.3 is 5.97 Å². The molecule has 0 spiro atoms. The van der Waals surface area contributed by atoms with Crippen LogP contribution in [0.2, 0.25) is 0 Å². The van der Waals surface area contributed by atoms with E-state index in [9.17, 15) is 4.79 Å². The summed E-state index contributed by atoms with van der Waals surface area (Å²) in [7, 11) is 6.03. The van der Waals surface area contributed by atoms with E-state index in [1.165, 1.54) is 6.42 Å². The molecule has 0 aromatic heterocycles. The van der Waals surface area contributed by atoms with Crippen LogP contribution in [-0.4, -0.2) is 51.2 Å². The molecular formula is C15H22N2O2. The molecule has 1 atom stereocenters. The lowest BCUT2D eigenvalue weighted by atomic mass is 10.2. The summed E-state index contributed by atoms with van der Waals surface area (Å²) in [6, 6.07) is 7.87. The van der Waals surface area contributed by atoms with Crippen molar-refractivity contribution in [2.75, 3.05) is 39.2 Å². The molecule has 0 saturated carbocycles. The number of hydrogen-bond acceptors (Lipinski definition) is 4. The van der Waals surface area contributed by atoms with E-state index < -0.39 is 0 Å². The third-order valence-corrected chi connectivity index (χ3v) is 3.70. The van der Waals surface area contributed by atoms with Crippen LogP contribution in [-0.2, 0) is 4.74 Å². The Morgan fingerprint density at radius 1 is 1.37 bits per heavy atom. The molecule has 2 rings (SSSR count). The molecule has 4 nitrogen and oxygen atoms in total. The maximum absolute atomic E-state index is 11.9. The summed E-state index contributed by atoms with van der Waals surface area (Å²) in [6.45, 7) is 1.59. The van der Waals surface area contributed by atoms with E-state index in [0.29, 0.717) is 18.2 Å². The van der Waals surface area contributed by atoms with E-state index >= 15 is 0 Å². The number of ether oxygens (including phenoxy) is 1. The van der Waals surface area contributed by atoms with E-state index in [1.807, 2.05) is 43.3 Å². The van der Waals surface area contributed by atoms with Gasteiger partial charge in [0.1, 0.15) is 6.61 Å². The molecule has 1 saturated heterocycles. The van der Waals surface area contributed by atoms with Crippen molar-refractivity contribution in [1.29, 1.82) is 0 Å². The average molecular weight is 262 g/mol. The van der Waals surface area contributed by atoms with E-state index in [1.54, 1.807) is 0 Å². The molecule has 1 aromatic carbocycles. The summed E-state index contributed by atoms with van der Waals surface area (Å²) >= 11 is 0. The van der Waals surface area contributed by atoms with Crippen molar-refractivity contribution in [2.45, 2.75) is 18.9 Å². The number of likely N-dealkylation sites (N-methyl/N-ethyl adjacent to an activating group) is 1. The summed E-state index contributed by atoms with van der Waals surface area (Å²) in [5, 5.41) is 0. The molecule has 1 heterocycles. The first-order chi connectivity index (χ1) is 9.08. The second-order valence-electron chi connectivity index (χ2n) is 5.32.